The first-order chi connectivity index (χ1) is 8.11. The second-order valence-corrected chi connectivity index (χ2v) is 4.76. The fraction of sp³-hybridized carbons (Fsp3) is 0.533. The van der Waals surface area contributed by atoms with E-state index in [1.54, 1.807) is 6.92 Å². The molecule has 17 heavy (non-hydrogen) atoms. The Hall–Kier alpha value is -1.31. The van der Waals surface area contributed by atoms with Crippen molar-refractivity contribution < 1.29 is 9.53 Å². The molecule has 94 valence electrons. The Kier molecular flexibility index (Phi) is 5.75. The van der Waals surface area contributed by atoms with Gasteiger partial charge in [-0.25, -0.2) is 0 Å². The standard InChI is InChI=1S/C15H22O2/c1-12(2)15(13(3)16)10-7-11-17-14-8-5-4-6-9-14/h4-6,8-9,12,15H,7,10-11H2,1-3H3. The highest BCUT2D eigenvalue weighted by molar-refractivity contribution is 5.78. The molecule has 1 aromatic rings. The Bertz CT molecular complexity index is 330. The highest BCUT2D eigenvalue weighted by atomic mass is 16.5. The molecule has 0 radical (unpaired) electrons. The van der Waals surface area contributed by atoms with Gasteiger partial charge in [0.1, 0.15) is 11.5 Å². The lowest BCUT2D eigenvalue weighted by Gasteiger charge is -2.17. The average molecular weight is 234 g/mol. The van der Waals surface area contributed by atoms with E-state index < -0.39 is 0 Å². The van der Waals surface area contributed by atoms with Crippen LogP contribution >= 0.6 is 0 Å². The van der Waals surface area contributed by atoms with E-state index in [1.807, 2.05) is 30.3 Å². The molecule has 2 heteroatoms. The first kappa shape index (κ1) is 13.8. The van der Waals surface area contributed by atoms with Gasteiger partial charge in [0.25, 0.3) is 0 Å². The van der Waals surface area contributed by atoms with Crippen LogP contribution in [-0.4, -0.2) is 12.4 Å². The van der Waals surface area contributed by atoms with Crippen molar-refractivity contribution in [2.24, 2.45) is 11.8 Å². The molecule has 0 fully saturated rings. The smallest absolute Gasteiger partial charge is 0.133 e. The quantitative estimate of drug-likeness (QED) is 0.672. The number of carbonyl (C=O) groups excluding carboxylic acids is 1. The average Bonchev–Trinajstić information content (AvgIpc) is 2.29. The molecule has 0 aliphatic carbocycles. The van der Waals surface area contributed by atoms with Crippen LogP contribution in [-0.2, 0) is 4.79 Å². The zero-order valence-electron chi connectivity index (χ0n) is 11.0. The van der Waals surface area contributed by atoms with Gasteiger partial charge in [-0.3, -0.25) is 4.79 Å². The van der Waals surface area contributed by atoms with Gasteiger partial charge in [-0.15, -0.1) is 0 Å². The van der Waals surface area contributed by atoms with Crippen molar-refractivity contribution >= 4 is 5.78 Å². The van der Waals surface area contributed by atoms with Crippen molar-refractivity contribution in [2.75, 3.05) is 6.61 Å². The van der Waals surface area contributed by atoms with Gasteiger partial charge in [0.2, 0.25) is 0 Å². The molecule has 1 aromatic carbocycles. The molecule has 1 rings (SSSR count). The van der Waals surface area contributed by atoms with Crippen LogP contribution in [0.5, 0.6) is 5.75 Å². The molecule has 0 heterocycles. The molecule has 1 atom stereocenters. The minimum atomic E-state index is 0.175. The van der Waals surface area contributed by atoms with Gasteiger partial charge in [-0.1, -0.05) is 32.0 Å². The van der Waals surface area contributed by atoms with Gasteiger partial charge in [0.05, 0.1) is 6.61 Å². The molecule has 0 aliphatic rings. The summed E-state index contributed by atoms with van der Waals surface area (Å²) in [6, 6.07) is 9.79. The molecule has 2 nitrogen and oxygen atoms in total. The summed E-state index contributed by atoms with van der Waals surface area (Å²) in [5, 5.41) is 0. The summed E-state index contributed by atoms with van der Waals surface area (Å²) in [7, 11) is 0. The van der Waals surface area contributed by atoms with Crippen LogP contribution in [0.25, 0.3) is 0 Å². The zero-order valence-corrected chi connectivity index (χ0v) is 11.0. The molecular formula is C15H22O2. The van der Waals surface area contributed by atoms with Crippen LogP contribution in [0.4, 0.5) is 0 Å². The molecule has 0 saturated heterocycles. The maximum Gasteiger partial charge on any atom is 0.133 e. The van der Waals surface area contributed by atoms with E-state index in [9.17, 15) is 4.79 Å². The van der Waals surface area contributed by atoms with Crippen LogP contribution in [0.15, 0.2) is 30.3 Å². The molecule has 0 N–H and O–H groups in total. The molecule has 0 aromatic heterocycles. The Morgan fingerprint density at radius 2 is 1.88 bits per heavy atom. The fourth-order valence-corrected chi connectivity index (χ4v) is 2.02. The summed E-state index contributed by atoms with van der Waals surface area (Å²) in [6.07, 6.45) is 1.84. The predicted octanol–water partition coefficient (Wildman–Crippen LogP) is 3.71. The van der Waals surface area contributed by atoms with E-state index in [2.05, 4.69) is 13.8 Å². The minimum Gasteiger partial charge on any atom is -0.494 e. The number of Topliss-reactive ketones (excluding diaryl/α,β-unsaturated/α-hetero) is 1. The number of carbonyl (C=O) groups is 1. The normalized spacial score (nSPS) is 12.5. The van der Waals surface area contributed by atoms with Crippen LogP contribution in [0.2, 0.25) is 0 Å². The maximum atomic E-state index is 11.4. The van der Waals surface area contributed by atoms with E-state index >= 15 is 0 Å². The largest absolute Gasteiger partial charge is 0.494 e. The summed E-state index contributed by atoms with van der Waals surface area (Å²) in [5.41, 5.74) is 0. The van der Waals surface area contributed by atoms with Gasteiger partial charge in [0.15, 0.2) is 0 Å². The number of benzene rings is 1. The van der Waals surface area contributed by atoms with Crippen LogP contribution in [0.1, 0.15) is 33.6 Å². The number of ether oxygens (including phenoxy) is 1. The minimum absolute atomic E-state index is 0.175. The first-order valence-electron chi connectivity index (χ1n) is 6.29. The molecule has 0 spiro atoms. The van der Waals surface area contributed by atoms with Gasteiger partial charge in [-0.05, 0) is 37.8 Å². The van der Waals surface area contributed by atoms with E-state index in [1.165, 1.54) is 0 Å². The Balaban J connectivity index is 2.26. The Morgan fingerprint density at radius 1 is 1.24 bits per heavy atom. The van der Waals surface area contributed by atoms with Crippen LogP contribution in [0, 0.1) is 11.8 Å². The van der Waals surface area contributed by atoms with Crippen molar-refractivity contribution in [2.45, 2.75) is 33.6 Å². The molecule has 0 bridgehead atoms. The van der Waals surface area contributed by atoms with Crippen molar-refractivity contribution in [1.82, 2.24) is 0 Å². The van der Waals surface area contributed by atoms with Crippen LogP contribution in [0.3, 0.4) is 0 Å². The Labute approximate surface area is 104 Å². The SMILES string of the molecule is CC(=O)C(CCCOc1ccccc1)C(C)C. The van der Waals surface area contributed by atoms with Gasteiger partial charge in [0, 0.05) is 5.92 Å². The number of ketones is 1. The number of para-hydroxylation sites is 1. The third-order valence-corrected chi connectivity index (χ3v) is 3.00. The van der Waals surface area contributed by atoms with Gasteiger partial charge < -0.3 is 4.74 Å². The lowest BCUT2D eigenvalue weighted by atomic mass is 9.88. The van der Waals surface area contributed by atoms with Crippen molar-refractivity contribution in [3.8, 4) is 5.75 Å². The third-order valence-electron chi connectivity index (χ3n) is 3.00. The van der Waals surface area contributed by atoms with Gasteiger partial charge >= 0.3 is 0 Å². The van der Waals surface area contributed by atoms with E-state index in [0.29, 0.717) is 18.3 Å². The predicted molar refractivity (Wildman–Crippen MR) is 70.2 cm³/mol. The van der Waals surface area contributed by atoms with Crippen molar-refractivity contribution in [3.05, 3.63) is 30.3 Å². The monoisotopic (exact) mass is 234 g/mol. The summed E-state index contributed by atoms with van der Waals surface area (Å²) >= 11 is 0. The summed E-state index contributed by atoms with van der Waals surface area (Å²) in [6.45, 7) is 6.57. The topological polar surface area (TPSA) is 26.3 Å². The number of rotatable bonds is 7. The number of hydrogen-bond donors (Lipinski definition) is 0. The highest BCUT2D eigenvalue weighted by Crippen LogP contribution is 2.18. The second kappa shape index (κ2) is 7.10. The summed E-state index contributed by atoms with van der Waals surface area (Å²) < 4.78 is 5.60. The van der Waals surface area contributed by atoms with Crippen LogP contribution < -0.4 is 4.74 Å². The van der Waals surface area contributed by atoms with E-state index in [4.69, 9.17) is 4.74 Å². The zero-order chi connectivity index (χ0) is 12.7. The maximum absolute atomic E-state index is 11.4. The van der Waals surface area contributed by atoms with Gasteiger partial charge in [-0.2, -0.15) is 0 Å². The van der Waals surface area contributed by atoms with E-state index in [-0.39, 0.29) is 5.92 Å². The van der Waals surface area contributed by atoms with Crippen molar-refractivity contribution in [1.29, 1.82) is 0 Å². The second-order valence-electron chi connectivity index (χ2n) is 4.76. The summed E-state index contributed by atoms with van der Waals surface area (Å²) in [4.78, 5) is 11.4. The molecule has 0 aliphatic heterocycles. The molecule has 1 unspecified atom stereocenters. The van der Waals surface area contributed by atoms with E-state index in [0.717, 1.165) is 18.6 Å². The fourth-order valence-electron chi connectivity index (χ4n) is 2.02. The van der Waals surface area contributed by atoms with Crippen molar-refractivity contribution in [3.63, 3.8) is 0 Å². The molecule has 0 amide bonds. The summed E-state index contributed by atoms with van der Waals surface area (Å²) in [5.74, 6) is 1.79. The Morgan fingerprint density at radius 3 is 2.41 bits per heavy atom. The lowest BCUT2D eigenvalue weighted by molar-refractivity contribution is -0.122. The highest BCUT2D eigenvalue weighted by Gasteiger charge is 2.17. The molecule has 0 saturated carbocycles. The number of hydrogen-bond acceptors (Lipinski definition) is 2. The first-order valence-corrected chi connectivity index (χ1v) is 6.29. The third kappa shape index (κ3) is 5.03. The lowest BCUT2D eigenvalue weighted by Crippen LogP contribution is -2.18. The molecular weight excluding hydrogens is 212 g/mol.